The Morgan fingerprint density at radius 3 is 2.68 bits per heavy atom. The Labute approximate surface area is 216 Å². The van der Waals surface area contributed by atoms with Crippen LogP contribution in [0.25, 0.3) is 17.5 Å². The van der Waals surface area contributed by atoms with Crippen LogP contribution in [0.15, 0.2) is 16.8 Å². The van der Waals surface area contributed by atoms with E-state index in [9.17, 15) is 9.90 Å². The third kappa shape index (κ3) is 3.65. The zero-order valence-corrected chi connectivity index (χ0v) is 21.0. The van der Waals surface area contributed by atoms with Crippen molar-refractivity contribution in [1.29, 1.82) is 0 Å². The molecule has 37 heavy (non-hydrogen) atoms. The van der Waals surface area contributed by atoms with E-state index in [1.165, 1.54) is 12.8 Å². The van der Waals surface area contributed by atoms with Gasteiger partial charge in [0.25, 0.3) is 17.6 Å². The predicted octanol–water partition coefficient (Wildman–Crippen LogP) is 2.88. The molecule has 9 heteroatoms. The van der Waals surface area contributed by atoms with Gasteiger partial charge in [-0.1, -0.05) is 17.3 Å². The van der Waals surface area contributed by atoms with E-state index >= 15 is 0 Å². The number of piperidine rings is 3. The lowest BCUT2D eigenvalue weighted by molar-refractivity contribution is -0.129. The molecular formula is C28H34N6O3. The third-order valence-corrected chi connectivity index (χ3v) is 10.2. The van der Waals surface area contributed by atoms with Crippen LogP contribution < -0.4 is 10.6 Å². The molecule has 6 atom stereocenters. The Morgan fingerprint density at radius 1 is 1.14 bits per heavy atom. The Hall–Kier alpha value is -2.78. The van der Waals surface area contributed by atoms with Gasteiger partial charge in [-0.05, 0) is 81.7 Å². The van der Waals surface area contributed by atoms with Crippen LogP contribution in [-0.4, -0.2) is 68.4 Å². The van der Waals surface area contributed by atoms with Gasteiger partial charge in [0.1, 0.15) is 0 Å². The van der Waals surface area contributed by atoms with Gasteiger partial charge < -0.3 is 25.2 Å². The molecule has 4 unspecified atom stereocenters. The van der Waals surface area contributed by atoms with Crippen LogP contribution in [0.2, 0.25) is 0 Å². The fourth-order valence-corrected chi connectivity index (χ4v) is 8.68. The Bertz CT molecular complexity index is 1260. The maximum Gasteiger partial charge on any atom is 0.292 e. The summed E-state index contributed by atoms with van der Waals surface area (Å²) in [5.74, 6) is 2.23. The Kier molecular flexibility index (Phi) is 4.87. The quantitative estimate of drug-likeness (QED) is 0.572. The lowest BCUT2D eigenvalue weighted by atomic mass is 9.52. The third-order valence-electron chi connectivity index (χ3n) is 10.2. The van der Waals surface area contributed by atoms with E-state index in [2.05, 4.69) is 42.8 Å². The summed E-state index contributed by atoms with van der Waals surface area (Å²) < 4.78 is 5.67. The van der Waals surface area contributed by atoms with E-state index in [1.807, 2.05) is 0 Å². The number of pyridine rings is 1. The number of anilines is 1. The number of amides is 1. The number of allylic oxidation sites excluding steroid dienone is 1. The molecule has 3 aliphatic heterocycles. The van der Waals surface area contributed by atoms with Crippen LogP contribution in [0.5, 0.6) is 0 Å². The molecule has 0 aromatic carbocycles. The summed E-state index contributed by atoms with van der Waals surface area (Å²) >= 11 is 0. The number of nitrogens with one attached hydrogen (secondary N) is 2. The molecule has 9 nitrogen and oxygen atoms in total. The zero-order chi connectivity index (χ0) is 24.7. The molecule has 5 aliphatic carbocycles. The van der Waals surface area contributed by atoms with E-state index in [-0.39, 0.29) is 17.8 Å². The second-order valence-corrected chi connectivity index (χ2v) is 12.5. The van der Waals surface area contributed by atoms with Gasteiger partial charge in [-0.15, -0.1) is 0 Å². The van der Waals surface area contributed by atoms with Crippen molar-refractivity contribution >= 4 is 17.7 Å². The molecule has 10 rings (SSSR count). The Balaban J connectivity index is 1.08. The van der Waals surface area contributed by atoms with Crippen molar-refractivity contribution in [3.05, 3.63) is 29.4 Å². The minimum Gasteiger partial charge on any atom is -0.390 e. The fourth-order valence-electron chi connectivity index (χ4n) is 8.68. The first-order chi connectivity index (χ1) is 18.0. The maximum atomic E-state index is 13.0. The molecular weight excluding hydrogens is 468 g/mol. The van der Waals surface area contributed by atoms with E-state index in [0.29, 0.717) is 35.6 Å². The van der Waals surface area contributed by atoms with Crippen LogP contribution in [0.3, 0.4) is 0 Å². The molecule has 0 radical (unpaired) electrons. The highest BCUT2D eigenvalue weighted by atomic mass is 16.5. The van der Waals surface area contributed by atoms with Crippen LogP contribution >= 0.6 is 0 Å². The van der Waals surface area contributed by atoms with Crippen LogP contribution in [0, 0.1) is 23.7 Å². The van der Waals surface area contributed by atoms with Crippen molar-refractivity contribution in [2.75, 3.05) is 25.0 Å². The number of aromatic nitrogens is 3. The van der Waals surface area contributed by atoms with E-state index < -0.39 is 5.60 Å². The average Bonchev–Trinajstić information content (AvgIpc) is 3.56. The van der Waals surface area contributed by atoms with Gasteiger partial charge in [-0.2, -0.15) is 4.98 Å². The van der Waals surface area contributed by atoms with E-state index in [4.69, 9.17) is 4.52 Å². The molecule has 4 saturated carbocycles. The van der Waals surface area contributed by atoms with Crippen molar-refractivity contribution in [1.82, 2.24) is 25.3 Å². The first kappa shape index (κ1) is 22.2. The average molecular weight is 503 g/mol. The highest BCUT2D eigenvalue weighted by Crippen LogP contribution is 2.56. The number of carbonyl (C=O) groups is 1. The number of carbonyl (C=O) groups excluding carboxylic acids is 1. The molecule has 0 spiro atoms. The summed E-state index contributed by atoms with van der Waals surface area (Å²) in [6.45, 7) is 3.15. The topological polar surface area (TPSA) is 116 Å². The molecule has 7 fully saturated rings. The number of rotatable bonds is 5. The van der Waals surface area contributed by atoms with E-state index in [1.54, 1.807) is 6.20 Å². The lowest BCUT2D eigenvalue weighted by Crippen LogP contribution is -2.59. The summed E-state index contributed by atoms with van der Waals surface area (Å²) in [4.78, 5) is 24.7. The number of fused-ring (bicyclic) bond motifs is 4. The largest absolute Gasteiger partial charge is 0.390 e. The fraction of sp³-hybridized carbons (Fsp3) is 0.643. The summed E-state index contributed by atoms with van der Waals surface area (Å²) in [6.07, 6.45) is 14.2. The molecule has 3 saturated heterocycles. The number of nitrogens with zero attached hydrogens (tertiary/aromatic N) is 4. The second-order valence-electron chi connectivity index (χ2n) is 12.5. The molecule has 1 amide bonds. The molecule has 3 N–H and O–H groups in total. The minimum absolute atomic E-state index is 0.0743. The normalized spacial score (nSPS) is 38.7. The highest BCUT2D eigenvalue weighted by molar-refractivity contribution is 5.91. The SMILES string of the molecule is O=C(NC1CN2CCC1CC2)c1noc(-c2cnc3c(c2NC2[C@@H]4CC5C[C@H]2CC(O)(C5)C4)C=CC3)n1. The van der Waals surface area contributed by atoms with Crippen LogP contribution in [-0.2, 0) is 6.42 Å². The maximum absolute atomic E-state index is 13.0. The summed E-state index contributed by atoms with van der Waals surface area (Å²) in [5, 5.41) is 22.2. The first-order valence-corrected chi connectivity index (χ1v) is 14.1. The molecule has 194 valence electrons. The molecule has 8 aliphatic rings. The first-order valence-electron chi connectivity index (χ1n) is 14.1. The second kappa shape index (κ2) is 8.11. The predicted molar refractivity (Wildman–Crippen MR) is 137 cm³/mol. The van der Waals surface area contributed by atoms with Gasteiger partial charge in [-0.25, -0.2) is 0 Å². The zero-order valence-electron chi connectivity index (χ0n) is 21.0. The smallest absolute Gasteiger partial charge is 0.292 e. The van der Waals surface area contributed by atoms with Gasteiger partial charge >= 0.3 is 0 Å². The van der Waals surface area contributed by atoms with Crippen molar-refractivity contribution in [2.45, 2.75) is 69.1 Å². The number of aliphatic hydroxyl groups is 1. The van der Waals surface area contributed by atoms with Gasteiger partial charge in [0.05, 0.1) is 22.5 Å². The standard InChI is InChI=1S/C28H34N6O3/c35-26(30-22-14-34-6-4-16(22)5-7-34)25-32-27(37-33-25)20-13-29-21-3-1-2-19(21)24(20)31-23-17-8-15-9-18(23)12-28(36,10-15)11-17/h1-2,13,15-18,22-23,36H,3-12,14H2,(H,29,31)(H,30,35)/t15?,17-,18+,22?,23?,28?. The molecule has 2 aromatic heterocycles. The molecule has 5 heterocycles. The van der Waals surface area contributed by atoms with Gasteiger partial charge in [0.2, 0.25) is 0 Å². The van der Waals surface area contributed by atoms with Gasteiger partial charge in [-0.3, -0.25) is 9.78 Å². The summed E-state index contributed by atoms with van der Waals surface area (Å²) in [6, 6.07) is 0.450. The number of hydrogen-bond acceptors (Lipinski definition) is 8. The van der Waals surface area contributed by atoms with Crippen molar-refractivity contribution < 1.29 is 14.4 Å². The highest BCUT2D eigenvalue weighted by Gasteiger charge is 2.55. The monoisotopic (exact) mass is 502 g/mol. The minimum atomic E-state index is -0.471. The molecule has 6 bridgehead atoms. The van der Waals surface area contributed by atoms with Crippen molar-refractivity contribution in [3.63, 3.8) is 0 Å². The van der Waals surface area contributed by atoms with Crippen molar-refractivity contribution in [2.24, 2.45) is 23.7 Å². The van der Waals surface area contributed by atoms with Crippen molar-refractivity contribution in [3.8, 4) is 11.5 Å². The number of hydrogen-bond donors (Lipinski definition) is 3. The van der Waals surface area contributed by atoms with Gasteiger partial charge in [0, 0.05) is 36.8 Å². The van der Waals surface area contributed by atoms with Crippen LogP contribution in [0.1, 0.15) is 66.8 Å². The Morgan fingerprint density at radius 2 is 1.95 bits per heavy atom. The summed E-state index contributed by atoms with van der Waals surface area (Å²) in [5.41, 5.74) is 3.35. The van der Waals surface area contributed by atoms with E-state index in [0.717, 1.165) is 80.7 Å². The van der Waals surface area contributed by atoms with Gasteiger partial charge in [0.15, 0.2) is 0 Å². The van der Waals surface area contributed by atoms with Crippen LogP contribution in [0.4, 0.5) is 5.69 Å². The lowest BCUT2D eigenvalue weighted by Gasteiger charge is -2.58. The summed E-state index contributed by atoms with van der Waals surface area (Å²) in [7, 11) is 0. The molecule has 2 aromatic rings.